The van der Waals surface area contributed by atoms with E-state index in [1.54, 1.807) is 20.3 Å². The number of nitrogens with one attached hydrogen (secondary N) is 2. The zero-order valence-corrected chi connectivity index (χ0v) is 14.1. The second kappa shape index (κ2) is 7.33. The first-order valence-corrected chi connectivity index (χ1v) is 7.39. The van der Waals surface area contributed by atoms with Crippen LogP contribution in [0.4, 0.5) is 11.4 Å². The number of anilines is 2. The van der Waals surface area contributed by atoms with Crippen LogP contribution in [0.1, 0.15) is 5.56 Å². The average molecular weight is 337 g/mol. The molecule has 0 heterocycles. The number of hydrogen-bond donors (Lipinski definition) is 2. The third-order valence-electron chi connectivity index (χ3n) is 3.17. The zero-order valence-electron chi connectivity index (χ0n) is 12.6. The molecule has 0 saturated heterocycles. The van der Waals surface area contributed by atoms with Crippen LogP contribution in [-0.2, 0) is 0 Å². The lowest BCUT2D eigenvalue weighted by molar-refractivity contribution is 0.395. The quantitative estimate of drug-likeness (QED) is 0.806. The second-order valence-electron chi connectivity index (χ2n) is 4.56. The van der Waals surface area contributed by atoms with Crippen molar-refractivity contribution in [3.05, 3.63) is 47.0 Å². The van der Waals surface area contributed by atoms with Gasteiger partial charge in [0, 0.05) is 16.8 Å². The zero-order chi connectivity index (χ0) is 16.1. The fraction of sp³-hybridized carbons (Fsp3) is 0.188. The van der Waals surface area contributed by atoms with Gasteiger partial charge in [-0.15, -0.1) is 0 Å². The van der Waals surface area contributed by atoms with Crippen molar-refractivity contribution in [3.8, 4) is 11.5 Å². The SMILES string of the molecule is COc1ccc(NC(=S)Nc2cccc(Cl)c2C)c(OC)c1. The summed E-state index contributed by atoms with van der Waals surface area (Å²) in [7, 11) is 3.20. The van der Waals surface area contributed by atoms with Gasteiger partial charge in [0.2, 0.25) is 0 Å². The maximum Gasteiger partial charge on any atom is 0.175 e. The van der Waals surface area contributed by atoms with E-state index in [1.807, 2.05) is 37.3 Å². The Balaban J connectivity index is 2.14. The summed E-state index contributed by atoms with van der Waals surface area (Å²) in [5.74, 6) is 1.36. The van der Waals surface area contributed by atoms with Crippen molar-refractivity contribution in [1.82, 2.24) is 0 Å². The molecular formula is C16H17ClN2O2S. The normalized spacial score (nSPS) is 10.0. The van der Waals surface area contributed by atoms with Crippen molar-refractivity contribution in [2.45, 2.75) is 6.92 Å². The predicted octanol–water partition coefficient (Wildman–Crippen LogP) is 4.47. The fourth-order valence-electron chi connectivity index (χ4n) is 1.92. The number of halogens is 1. The molecule has 0 amide bonds. The first-order valence-electron chi connectivity index (χ1n) is 6.60. The van der Waals surface area contributed by atoms with Crippen molar-refractivity contribution in [3.63, 3.8) is 0 Å². The molecule has 0 bridgehead atoms. The van der Waals surface area contributed by atoms with Gasteiger partial charge in [-0.2, -0.15) is 0 Å². The highest BCUT2D eigenvalue weighted by molar-refractivity contribution is 7.80. The van der Waals surface area contributed by atoms with Crippen molar-refractivity contribution < 1.29 is 9.47 Å². The lowest BCUT2D eigenvalue weighted by atomic mass is 10.2. The Morgan fingerprint density at radius 1 is 1.05 bits per heavy atom. The molecule has 2 N–H and O–H groups in total. The second-order valence-corrected chi connectivity index (χ2v) is 5.37. The van der Waals surface area contributed by atoms with E-state index >= 15 is 0 Å². The van der Waals surface area contributed by atoms with E-state index in [1.165, 1.54) is 0 Å². The highest BCUT2D eigenvalue weighted by Gasteiger charge is 2.08. The first kappa shape index (κ1) is 16.4. The van der Waals surface area contributed by atoms with Gasteiger partial charge in [-0.05, 0) is 49.0 Å². The van der Waals surface area contributed by atoms with Crippen LogP contribution in [0.15, 0.2) is 36.4 Å². The van der Waals surface area contributed by atoms with E-state index in [0.717, 1.165) is 16.9 Å². The van der Waals surface area contributed by atoms with Gasteiger partial charge in [-0.25, -0.2) is 0 Å². The van der Waals surface area contributed by atoms with Crippen molar-refractivity contribution in [1.29, 1.82) is 0 Å². The van der Waals surface area contributed by atoms with Crippen molar-refractivity contribution >= 4 is 40.3 Å². The largest absolute Gasteiger partial charge is 0.497 e. The van der Waals surface area contributed by atoms with Gasteiger partial charge < -0.3 is 20.1 Å². The summed E-state index contributed by atoms with van der Waals surface area (Å²) in [6.45, 7) is 1.93. The molecule has 4 nitrogen and oxygen atoms in total. The lowest BCUT2D eigenvalue weighted by Gasteiger charge is -2.15. The highest BCUT2D eigenvalue weighted by atomic mass is 35.5. The number of methoxy groups -OCH3 is 2. The maximum atomic E-state index is 6.10. The molecule has 0 aliphatic heterocycles. The third kappa shape index (κ3) is 3.81. The van der Waals surface area contributed by atoms with Crippen LogP contribution in [0.5, 0.6) is 11.5 Å². The van der Waals surface area contributed by atoms with Gasteiger partial charge in [0.15, 0.2) is 5.11 Å². The van der Waals surface area contributed by atoms with Gasteiger partial charge in [0.05, 0.1) is 19.9 Å². The molecule has 0 atom stereocenters. The minimum absolute atomic E-state index is 0.453. The molecule has 2 rings (SSSR count). The summed E-state index contributed by atoms with van der Waals surface area (Å²) < 4.78 is 10.5. The standard InChI is InChI=1S/C16H17ClN2O2S/c1-10-12(17)5-4-6-13(10)18-16(22)19-14-8-7-11(20-2)9-15(14)21-3/h4-9H,1-3H3,(H2,18,19,22). The molecule has 0 aliphatic carbocycles. The molecule has 116 valence electrons. The summed E-state index contributed by atoms with van der Waals surface area (Å²) in [6.07, 6.45) is 0. The van der Waals surface area contributed by atoms with E-state index in [9.17, 15) is 0 Å². The molecule has 0 aromatic heterocycles. The summed E-state index contributed by atoms with van der Waals surface area (Å²) in [5, 5.41) is 7.38. The first-order chi connectivity index (χ1) is 10.5. The Kier molecular flexibility index (Phi) is 5.46. The average Bonchev–Trinajstić information content (AvgIpc) is 2.52. The van der Waals surface area contributed by atoms with Crippen LogP contribution in [0.3, 0.4) is 0 Å². The molecule has 2 aromatic rings. The van der Waals surface area contributed by atoms with Crippen LogP contribution in [0, 0.1) is 6.92 Å². The van der Waals surface area contributed by atoms with Crippen molar-refractivity contribution in [2.75, 3.05) is 24.9 Å². The fourth-order valence-corrected chi connectivity index (χ4v) is 2.32. The highest BCUT2D eigenvalue weighted by Crippen LogP contribution is 2.29. The van der Waals surface area contributed by atoms with Gasteiger partial charge in [-0.3, -0.25) is 0 Å². The van der Waals surface area contributed by atoms with E-state index < -0.39 is 0 Å². The van der Waals surface area contributed by atoms with Crippen LogP contribution >= 0.6 is 23.8 Å². The smallest absolute Gasteiger partial charge is 0.175 e. The van der Waals surface area contributed by atoms with Crippen LogP contribution < -0.4 is 20.1 Å². The molecule has 0 fully saturated rings. The Morgan fingerprint density at radius 2 is 1.77 bits per heavy atom. The number of ether oxygens (including phenoxy) is 2. The summed E-state index contributed by atoms with van der Waals surface area (Å²) in [4.78, 5) is 0. The van der Waals surface area contributed by atoms with Crippen molar-refractivity contribution in [2.24, 2.45) is 0 Å². The molecule has 0 spiro atoms. The van der Waals surface area contributed by atoms with Gasteiger partial charge in [0.25, 0.3) is 0 Å². The predicted molar refractivity (Wildman–Crippen MR) is 95.6 cm³/mol. The Morgan fingerprint density at radius 3 is 2.45 bits per heavy atom. The monoisotopic (exact) mass is 336 g/mol. The van der Waals surface area contributed by atoms with E-state index in [-0.39, 0.29) is 0 Å². The Hall–Kier alpha value is -1.98. The lowest BCUT2D eigenvalue weighted by Crippen LogP contribution is -2.20. The molecule has 22 heavy (non-hydrogen) atoms. The van der Waals surface area contributed by atoms with E-state index in [0.29, 0.717) is 21.6 Å². The molecule has 6 heteroatoms. The Bertz CT molecular complexity index is 692. The van der Waals surface area contributed by atoms with Gasteiger partial charge in [-0.1, -0.05) is 17.7 Å². The van der Waals surface area contributed by atoms with Gasteiger partial charge in [0.1, 0.15) is 11.5 Å². The van der Waals surface area contributed by atoms with Crippen LogP contribution in [0.25, 0.3) is 0 Å². The third-order valence-corrected chi connectivity index (χ3v) is 3.79. The molecule has 0 aliphatic rings. The molecular weight excluding hydrogens is 320 g/mol. The number of thiocarbonyl (C=S) groups is 1. The number of benzene rings is 2. The summed E-state index contributed by atoms with van der Waals surface area (Å²) in [6, 6.07) is 11.1. The van der Waals surface area contributed by atoms with Crippen LogP contribution in [-0.4, -0.2) is 19.3 Å². The minimum Gasteiger partial charge on any atom is -0.497 e. The molecule has 0 radical (unpaired) electrons. The number of rotatable bonds is 4. The van der Waals surface area contributed by atoms with E-state index in [2.05, 4.69) is 10.6 Å². The molecule has 0 unspecified atom stereocenters. The Labute approximate surface area is 140 Å². The topological polar surface area (TPSA) is 42.5 Å². The molecule has 2 aromatic carbocycles. The summed E-state index contributed by atoms with van der Waals surface area (Å²) in [5.41, 5.74) is 2.55. The summed E-state index contributed by atoms with van der Waals surface area (Å²) >= 11 is 11.4. The van der Waals surface area contributed by atoms with Gasteiger partial charge >= 0.3 is 0 Å². The molecule has 0 saturated carbocycles. The maximum absolute atomic E-state index is 6.10. The minimum atomic E-state index is 0.453. The van der Waals surface area contributed by atoms with Crippen LogP contribution in [0.2, 0.25) is 5.02 Å². The number of hydrogen-bond acceptors (Lipinski definition) is 3. The van der Waals surface area contributed by atoms with E-state index in [4.69, 9.17) is 33.3 Å².